The van der Waals surface area contributed by atoms with Gasteiger partial charge in [-0.1, -0.05) is 24.3 Å². The van der Waals surface area contributed by atoms with Crippen molar-refractivity contribution in [2.75, 3.05) is 18.5 Å². The van der Waals surface area contributed by atoms with E-state index in [0.29, 0.717) is 6.54 Å². The van der Waals surface area contributed by atoms with Crippen LogP contribution in [-0.2, 0) is 22.5 Å². The maximum Gasteiger partial charge on any atom is 0.242 e. The molecule has 0 aliphatic carbocycles. The summed E-state index contributed by atoms with van der Waals surface area (Å²) in [5.41, 5.74) is 3.37. The molecule has 2 N–H and O–H groups in total. The highest BCUT2D eigenvalue weighted by Crippen LogP contribution is 2.15. The second-order valence-corrected chi connectivity index (χ2v) is 6.92. The van der Waals surface area contributed by atoms with E-state index in [4.69, 9.17) is 4.74 Å². The van der Waals surface area contributed by atoms with Crippen LogP contribution in [0.2, 0.25) is 0 Å². The number of hydrogen-bond acceptors (Lipinski definition) is 4. The number of carbonyl (C=O) groups is 1. The largest absolute Gasteiger partial charge is 0.376 e. The molecule has 0 spiro atoms. The molecule has 6 nitrogen and oxygen atoms in total. The molecule has 2 unspecified atom stereocenters. The fourth-order valence-corrected chi connectivity index (χ4v) is 3.21. The molecule has 2 heterocycles. The van der Waals surface area contributed by atoms with Crippen molar-refractivity contribution in [1.29, 1.82) is 0 Å². The molecule has 2 atom stereocenters. The van der Waals surface area contributed by atoms with E-state index in [-0.39, 0.29) is 18.1 Å². The first-order chi connectivity index (χ1) is 12.6. The smallest absolute Gasteiger partial charge is 0.242 e. The van der Waals surface area contributed by atoms with Crippen LogP contribution in [0.3, 0.4) is 0 Å². The molecule has 1 fully saturated rings. The van der Waals surface area contributed by atoms with Crippen molar-refractivity contribution in [1.82, 2.24) is 15.1 Å². The number of aryl methyl sites for hydroxylation is 1. The van der Waals surface area contributed by atoms with Crippen LogP contribution in [0, 0.1) is 6.92 Å². The Bertz CT molecular complexity index is 722. The Morgan fingerprint density at radius 3 is 3.04 bits per heavy atom. The minimum Gasteiger partial charge on any atom is -0.376 e. The lowest BCUT2D eigenvalue weighted by atomic mass is 10.1. The standard InChI is InChI=1S/C20H28N4O2/c1-15-6-3-4-7-17(15)9-10-21-20(25)16(2)23-18-12-22-24(13-18)14-19-8-5-11-26-19/h3-4,6-7,12-13,16,19,23H,5,8-11,14H2,1-2H3,(H,21,25). The Labute approximate surface area is 154 Å². The first kappa shape index (κ1) is 18.5. The van der Waals surface area contributed by atoms with Gasteiger partial charge in [-0.3, -0.25) is 9.48 Å². The Kier molecular flexibility index (Phi) is 6.28. The first-order valence-corrected chi connectivity index (χ1v) is 9.34. The number of benzene rings is 1. The summed E-state index contributed by atoms with van der Waals surface area (Å²) < 4.78 is 7.51. The number of nitrogens with one attached hydrogen (secondary N) is 2. The summed E-state index contributed by atoms with van der Waals surface area (Å²) >= 11 is 0. The van der Waals surface area contributed by atoms with Crippen LogP contribution >= 0.6 is 0 Å². The van der Waals surface area contributed by atoms with Gasteiger partial charge in [-0.25, -0.2) is 0 Å². The molecule has 1 amide bonds. The van der Waals surface area contributed by atoms with Crippen LogP contribution < -0.4 is 10.6 Å². The van der Waals surface area contributed by atoms with Crippen molar-refractivity contribution in [2.45, 2.75) is 51.8 Å². The Hall–Kier alpha value is -2.34. The molecule has 2 aromatic rings. The Morgan fingerprint density at radius 1 is 1.42 bits per heavy atom. The van der Waals surface area contributed by atoms with Crippen molar-refractivity contribution in [2.24, 2.45) is 0 Å². The lowest BCUT2D eigenvalue weighted by molar-refractivity contribution is -0.121. The average molecular weight is 356 g/mol. The Balaban J connectivity index is 1.42. The predicted molar refractivity (Wildman–Crippen MR) is 102 cm³/mol. The second kappa shape index (κ2) is 8.85. The third-order valence-electron chi connectivity index (χ3n) is 4.78. The summed E-state index contributed by atoms with van der Waals surface area (Å²) in [5, 5.41) is 10.6. The summed E-state index contributed by atoms with van der Waals surface area (Å²) in [6.45, 7) is 6.19. The highest BCUT2D eigenvalue weighted by Gasteiger charge is 2.17. The van der Waals surface area contributed by atoms with E-state index in [0.717, 1.165) is 38.1 Å². The molecule has 6 heteroatoms. The summed E-state index contributed by atoms with van der Waals surface area (Å²) in [6, 6.07) is 7.94. The fraction of sp³-hybridized carbons (Fsp3) is 0.500. The lowest BCUT2D eigenvalue weighted by Gasteiger charge is -2.14. The number of hydrogen-bond donors (Lipinski definition) is 2. The lowest BCUT2D eigenvalue weighted by Crippen LogP contribution is -2.38. The monoisotopic (exact) mass is 356 g/mol. The molecule has 0 saturated carbocycles. The third-order valence-corrected chi connectivity index (χ3v) is 4.78. The molecule has 140 valence electrons. The second-order valence-electron chi connectivity index (χ2n) is 6.92. The van der Waals surface area contributed by atoms with Gasteiger partial charge in [-0.2, -0.15) is 5.10 Å². The summed E-state index contributed by atoms with van der Waals surface area (Å²) in [5.74, 6) is -0.00883. The fourth-order valence-electron chi connectivity index (χ4n) is 3.21. The zero-order valence-corrected chi connectivity index (χ0v) is 15.6. The molecular weight excluding hydrogens is 328 g/mol. The third kappa shape index (κ3) is 5.08. The first-order valence-electron chi connectivity index (χ1n) is 9.34. The molecular formula is C20H28N4O2. The minimum atomic E-state index is -0.313. The quantitative estimate of drug-likeness (QED) is 0.763. The van der Waals surface area contributed by atoms with Crippen molar-refractivity contribution >= 4 is 11.6 Å². The maximum absolute atomic E-state index is 12.3. The van der Waals surface area contributed by atoms with Gasteiger partial charge in [-0.15, -0.1) is 0 Å². The van der Waals surface area contributed by atoms with Gasteiger partial charge in [0.2, 0.25) is 5.91 Å². The molecule has 0 radical (unpaired) electrons. The van der Waals surface area contributed by atoms with E-state index in [1.807, 2.05) is 29.9 Å². The van der Waals surface area contributed by atoms with Gasteiger partial charge in [0.1, 0.15) is 6.04 Å². The zero-order valence-electron chi connectivity index (χ0n) is 15.6. The number of anilines is 1. The van der Waals surface area contributed by atoms with Crippen molar-refractivity contribution in [3.05, 3.63) is 47.8 Å². The van der Waals surface area contributed by atoms with E-state index >= 15 is 0 Å². The highest BCUT2D eigenvalue weighted by atomic mass is 16.5. The summed E-state index contributed by atoms with van der Waals surface area (Å²) in [4.78, 5) is 12.3. The summed E-state index contributed by atoms with van der Waals surface area (Å²) in [6.07, 6.45) is 6.99. The number of aromatic nitrogens is 2. The molecule has 1 aliphatic rings. The topological polar surface area (TPSA) is 68.2 Å². The zero-order chi connectivity index (χ0) is 18.4. The number of rotatable bonds is 8. The van der Waals surface area contributed by atoms with Crippen molar-refractivity contribution in [3.63, 3.8) is 0 Å². The molecule has 1 aromatic heterocycles. The number of nitrogens with zero attached hydrogens (tertiary/aromatic N) is 2. The van der Waals surface area contributed by atoms with E-state index in [9.17, 15) is 4.79 Å². The molecule has 1 aliphatic heterocycles. The van der Waals surface area contributed by atoms with Crippen LogP contribution in [-0.4, -0.2) is 41.0 Å². The SMILES string of the molecule is Cc1ccccc1CCNC(=O)C(C)Nc1cnn(CC2CCCO2)c1. The summed E-state index contributed by atoms with van der Waals surface area (Å²) in [7, 11) is 0. The van der Waals surface area contributed by atoms with E-state index < -0.39 is 0 Å². The van der Waals surface area contributed by atoms with Gasteiger partial charge >= 0.3 is 0 Å². The molecule has 26 heavy (non-hydrogen) atoms. The Morgan fingerprint density at radius 2 is 2.27 bits per heavy atom. The van der Waals surface area contributed by atoms with Gasteiger partial charge in [0.25, 0.3) is 0 Å². The van der Waals surface area contributed by atoms with Gasteiger partial charge in [0.15, 0.2) is 0 Å². The molecule has 3 rings (SSSR count). The predicted octanol–water partition coefficient (Wildman–Crippen LogP) is 2.53. The van der Waals surface area contributed by atoms with Crippen LogP contribution in [0.4, 0.5) is 5.69 Å². The minimum absolute atomic E-state index is 0.00883. The number of ether oxygens (including phenoxy) is 1. The number of amides is 1. The van der Waals surface area contributed by atoms with Gasteiger partial charge < -0.3 is 15.4 Å². The van der Waals surface area contributed by atoms with Crippen molar-refractivity contribution in [3.8, 4) is 0 Å². The molecule has 0 bridgehead atoms. The van der Waals surface area contributed by atoms with E-state index in [2.05, 4.69) is 34.8 Å². The van der Waals surface area contributed by atoms with Gasteiger partial charge in [0.05, 0.1) is 24.5 Å². The average Bonchev–Trinajstić information content (AvgIpc) is 3.29. The van der Waals surface area contributed by atoms with E-state index in [1.165, 1.54) is 11.1 Å². The molecule has 1 aromatic carbocycles. The highest BCUT2D eigenvalue weighted by molar-refractivity contribution is 5.84. The van der Waals surface area contributed by atoms with Crippen LogP contribution in [0.1, 0.15) is 30.9 Å². The van der Waals surface area contributed by atoms with Crippen LogP contribution in [0.25, 0.3) is 0 Å². The normalized spacial score (nSPS) is 17.8. The van der Waals surface area contributed by atoms with Crippen molar-refractivity contribution < 1.29 is 9.53 Å². The van der Waals surface area contributed by atoms with Crippen LogP contribution in [0.15, 0.2) is 36.7 Å². The maximum atomic E-state index is 12.3. The van der Waals surface area contributed by atoms with Gasteiger partial charge in [0, 0.05) is 19.3 Å². The van der Waals surface area contributed by atoms with E-state index in [1.54, 1.807) is 6.20 Å². The molecule has 1 saturated heterocycles. The number of carbonyl (C=O) groups excluding carboxylic acids is 1. The van der Waals surface area contributed by atoms with Gasteiger partial charge in [-0.05, 0) is 44.2 Å². The van der Waals surface area contributed by atoms with Crippen LogP contribution in [0.5, 0.6) is 0 Å².